The Morgan fingerprint density at radius 2 is 1.93 bits per heavy atom. The van der Waals surface area contributed by atoms with Crippen LogP contribution in [0.5, 0.6) is 0 Å². The van der Waals surface area contributed by atoms with E-state index in [1.807, 2.05) is 56.3 Å². The minimum atomic E-state index is -0.506. The molecule has 2 saturated heterocycles. The molecular weight excluding hydrogens is 368 g/mol. The van der Waals surface area contributed by atoms with E-state index in [0.29, 0.717) is 25.3 Å². The van der Waals surface area contributed by atoms with Crippen LogP contribution in [0.3, 0.4) is 0 Å². The molecule has 152 valence electrons. The Morgan fingerprint density at radius 3 is 2.72 bits per heavy atom. The van der Waals surface area contributed by atoms with Gasteiger partial charge < -0.3 is 20.9 Å². The van der Waals surface area contributed by atoms with Crippen LogP contribution in [-0.2, 0) is 9.59 Å². The second kappa shape index (κ2) is 7.73. The van der Waals surface area contributed by atoms with Gasteiger partial charge in [0.15, 0.2) is 0 Å². The van der Waals surface area contributed by atoms with Crippen molar-refractivity contribution in [1.82, 2.24) is 15.5 Å². The molecule has 29 heavy (non-hydrogen) atoms. The van der Waals surface area contributed by atoms with Gasteiger partial charge in [0, 0.05) is 11.9 Å². The van der Waals surface area contributed by atoms with E-state index in [1.165, 1.54) is 0 Å². The molecule has 7 heteroatoms. The molecule has 0 aromatic heterocycles. The Bertz CT molecular complexity index is 953. The van der Waals surface area contributed by atoms with Gasteiger partial charge in [0.2, 0.25) is 11.8 Å². The quantitative estimate of drug-likeness (QED) is 0.744. The Hall–Kier alpha value is -3.09. The Balaban J connectivity index is 1.41. The van der Waals surface area contributed by atoms with Gasteiger partial charge in [-0.2, -0.15) is 0 Å². The molecule has 2 aromatic carbocycles. The molecule has 0 aliphatic carbocycles. The lowest BCUT2D eigenvalue weighted by Gasteiger charge is -2.35. The fraction of sp³-hybridized carbons (Fsp3) is 0.409. The summed E-state index contributed by atoms with van der Waals surface area (Å²) < 4.78 is 0. The van der Waals surface area contributed by atoms with Crippen LogP contribution in [0.2, 0.25) is 0 Å². The van der Waals surface area contributed by atoms with Crippen LogP contribution >= 0.6 is 0 Å². The molecule has 0 radical (unpaired) electrons. The second-order valence-corrected chi connectivity index (χ2v) is 8.25. The van der Waals surface area contributed by atoms with Crippen molar-refractivity contribution in [3.05, 3.63) is 42.5 Å². The normalized spacial score (nSPS) is 23.8. The highest BCUT2D eigenvalue weighted by molar-refractivity contribution is 6.02. The summed E-state index contributed by atoms with van der Waals surface area (Å²) in [5.41, 5.74) is 0.724. The number of hydrogen-bond donors (Lipinski definition) is 3. The minimum Gasteiger partial charge on any atom is -0.342 e. The summed E-state index contributed by atoms with van der Waals surface area (Å²) in [6.45, 7) is 4.41. The number of hydrogen-bond acceptors (Lipinski definition) is 3. The molecule has 0 unspecified atom stereocenters. The van der Waals surface area contributed by atoms with E-state index in [2.05, 4.69) is 16.0 Å². The molecular formula is C22H26N4O3. The molecule has 4 rings (SSSR count). The van der Waals surface area contributed by atoms with Gasteiger partial charge in [-0.25, -0.2) is 4.79 Å². The summed E-state index contributed by atoms with van der Waals surface area (Å²) in [7, 11) is 0. The van der Waals surface area contributed by atoms with Gasteiger partial charge in [-0.1, -0.05) is 50.2 Å². The summed E-state index contributed by atoms with van der Waals surface area (Å²) in [4.78, 5) is 39.4. The largest absolute Gasteiger partial charge is 0.342 e. The van der Waals surface area contributed by atoms with Crippen LogP contribution in [0.15, 0.2) is 42.5 Å². The Morgan fingerprint density at radius 1 is 1.17 bits per heavy atom. The van der Waals surface area contributed by atoms with Gasteiger partial charge in [0.25, 0.3) is 0 Å². The van der Waals surface area contributed by atoms with Gasteiger partial charge in [0.1, 0.15) is 12.1 Å². The average Bonchev–Trinajstić information content (AvgIpc) is 3.10. The lowest BCUT2D eigenvalue weighted by Crippen LogP contribution is -2.61. The van der Waals surface area contributed by atoms with Crippen molar-refractivity contribution in [2.45, 2.75) is 44.8 Å². The summed E-state index contributed by atoms with van der Waals surface area (Å²) in [5.74, 6) is 0.125. The highest BCUT2D eigenvalue weighted by Crippen LogP contribution is 2.26. The molecule has 3 N–H and O–H groups in total. The number of benzene rings is 2. The fourth-order valence-corrected chi connectivity index (χ4v) is 4.27. The molecule has 0 bridgehead atoms. The first-order valence-electron chi connectivity index (χ1n) is 10.1. The zero-order chi connectivity index (χ0) is 20.5. The van der Waals surface area contributed by atoms with E-state index in [4.69, 9.17) is 0 Å². The standard InChI is InChI=1S/C22H26N4O3/c1-13(2)10-18-21(28)26-12-15(11-19(26)20(27)24-18)23-22(29)25-17-9-5-7-14-6-3-4-8-16(14)17/h3-9,13,15,18-19H,10-12H2,1-2H3,(H,24,27)(H2,23,25,29)/t15-,18+,19-/m0/s1. The van der Waals surface area contributed by atoms with Crippen molar-refractivity contribution in [2.24, 2.45) is 5.92 Å². The topological polar surface area (TPSA) is 90.5 Å². The molecule has 2 aromatic rings. The van der Waals surface area contributed by atoms with E-state index in [0.717, 1.165) is 16.5 Å². The first kappa shape index (κ1) is 19.2. The maximum absolute atomic E-state index is 12.7. The Kier molecular flexibility index (Phi) is 5.13. The number of nitrogens with one attached hydrogen (secondary N) is 3. The first-order valence-corrected chi connectivity index (χ1v) is 10.1. The van der Waals surface area contributed by atoms with Crippen molar-refractivity contribution >= 4 is 34.3 Å². The summed E-state index contributed by atoms with van der Waals surface area (Å²) >= 11 is 0. The zero-order valence-electron chi connectivity index (χ0n) is 16.6. The third-order valence-corrected chi connectivity index (χ3v) is 5.58. The molecule has 4 amide bonds. The lowest BCUT2D eigenvalue weighted by atomic mass is 9.99. The van der Waals surface area contributed by atoms with Crippen LogP contribution in [0.25, 0.3) is 10.8 Å². The smallest absolute Gasteiger partial charge is 0.319 e. The number of urea groups is 1. The van der Waals surface area contributed by atoms with Crippen molar-refractivity contribution in [1.29, 1.82) is 0 Å². The van der Waals surface area contributed by atoms with Crippen molar-refractivity contribution < 1.29 is 14.4 Å². The zero-order valence-corrected chi connectivity index (χ0v) is 16.6. The number of carbonyl (C=O) groups is 3. The number of carbonyl (C=O) groups excluding carboxylic acids is 3. The van der Waals surface area contributed by atoms with Crippen molar-refractivity contribution in [3.8, 4) is 0 Å². The minimum absolute atomic E-state index is 0.0536. The molecule has 2 aliphatic heterocycles. The SMILES string of the molecule is CC(C)C[C@H]1NC(=O)[C@@H]2C[C@H](NC(=O)Nc3cccc4ccccc34)CN2C1=O. The summed E-state index contributed by atoms with van der Waals surface area (Å²) in [6.07, 6.45) is 1.04. The van der Waals surface area contributed by atoms with E-state index in [1.54, 1.807) is 4.90 Å². The van der Waals surface area contributed by atoms with Gasteiger partial charge in [0.05, 0.1) is 11.7 Å². The molecule has 7 nitrogen and oxygen atoms in total. The molecule has 2 aliphatic rings. The van der Waals surface area contributed by atoms with Crippen LogP contribution in [0, 0.1) is 5.92 Å². The van der Waals surface area contributed by atoms with Crippen LogP contribution in [0.4, 0.5) is 10.5 Å². The Labute approximate surface area is 169 Å². The number of amides is 4. The molecule has 2 heterocycles. The van der Waals surface area contributed by atoms with Gasteiger partial charge in [-0.05, 0) is 30.2 Å². The summed E-state index contributed by atoms with van der Waals surface area (Å²) in [5, 5.41) is 10.7. The third kappa shape index (κ3) is 3.90. The lowest BCUT2D eigenvalue weighted by molar-refractivity contribution is -0.147. The van der Waals surface area contributed by atoms with Gasteiger partial charge >= 0.3 is 6.03 Å². The van der Waals surface area contributed by atoms with Crippen molar-refractivity contribution in [2.75, 3.05) is 11.9 Å². The third-order valence-electron chi connectivity index (χ3n) is 5.58. The van der Waals surface area contributed by atoms with E-state index < -0.39 is 12.1 Å². The number of fused-ring (bicyclic) bond motifs is 2. The predicted octanol–water partition coefficient (Wildman–Crippen LogP) is 2.48. The monoisotopic (exact) mass is 394 g/mol. The van der Waals surface area contributed by atoms with E-state index >= 15 is 0 Å². The number of piperazine rings is 1. The van der Waals surface area contributed by atoms with Crippen molar-refractivity contribution in [3.63, 3.8) is 0 Å². The van der Waals surface area contributed by atoms with E-state index in [9.17, 15) is 14.4 Å². The van der Waals surface area contributed by atoms with E-state index in [-0.39, 0.29) is 23.9 Å². The van der Waals surface area contributed by atoms with Crippen LogP contribution in [0.1, 0.15) is 26.7 Å². The number of rotatable bonds is 4. The van der Waals surface area contributed by atoms with Gasteiger partial charge in [-0.3, -0.25) is 9.59 Å². The maximum atomic E-state index is 12.7. The second-order valence-electron chi connectivity index (χ2n) is 8.25. The highest BCUT2D eigenvalue weighted by Gasteiger charge is 2.46. The predicted molar refractivity (Wildman–Crippen MR) is 111 cm³/mol. The van der Waals surface area contributed by atoms with Crippen LogP contribution in [-0.4, -0.2) is 47.4 Å². The molecule has 2 fully saturated rings. The number of anilines is 1. The highest BCUT2D eigenvalue weighted by atomic mass is 16.2. The molecule has 0 saturated carbocycles. The maximum Gasteiger partial charge on any atom is 0.319 e. The van der Waals surface area contributed by atoms with Gasteiger partial charge in [-0.15, -0.1) is 0 Å². The molecule has 0 spiro atoms. The summed E-state index contributed by atoms with van der Waals surface area (Å²) in [6, 6.07) is 12.0. The molecule has 3 atom stereocenters. The number of nitrogens with zero attached hydrogens (tertiary/aromatic N) is 1. The average molecular weight is 394 g/mol. The fourth-order valence-electron chi connectivity index (χ4n) is 4.27. The van der Waals surface area contributed by atoms with Crippen LogP contribution < -0.4 is 16.0 Å². The first-order chi connectivity index (χ1) is 13.9.